The number of rotatable bonds is 5. The lowest BCUT2D eigenvalue weighted by Crippen LogP contribution is -2.58. The lowest BCUT2D eigenvalue weighted by atomic mass is 9.44. The van der Waals surface area contributed by atoms with Crippen molar-refractivity contribution in [2.24, 2.45) is 23.7 Å². The number of carbonyl (C=O) groups excluding carboxylic acids is 4. The summed E-state index contributed by atoms with van der Waals surface area (Å²) in [6.07, 6.45) is 3.96. The van der Waals surface area contributed by atoms with Crippen LogP contribution in [0, 0.1) is 23.7 Å². The molecule has 11 rings (SSSR count). The molecule has 0 unspecified atom stereocenters. The number of hydrogen-bond acceptors (Lipinski definition) is 7. The van der Waals surface area contributed by atoms with E-state index in [0.717, 1.165) is 21.9 Å². The largest absolute Gasteiger partial charge is 0.508 e. The zero-order chi connectivity index (χ0) is 40.0. The summed E-state index contributed by atoms with van der Waals surface area (Å²) < 4.78 is 5.98. The molecule has 1 aliphatic heterocycles. The van der Waals surface area contributed by atoms with Gasteiger partial charge in [0.25, 0.3) is 0 Å². The van der Waals surface area contributed by atoms with E-state index in [9.17, 15) is 14.7 Å². The Labute approximate surface area is 339 Å². The number of phenolic OH excluding ortho intramolecular Hbond substituents is 1. The first-order chi connectivity index (χ1) is 28.8. The minimum absolute atomic E-state index is 0.000927. The van der Waals surface area contributed by atoms with E-state index in [-0.39, 0.29) is 42.0 Å². The fourth-order valence-corrected chi connectivity index (χ4v) is 10.8. The molecule has 8 heteroatoms. The molecule has 2 amide bonds. The van der Waals surface area contributed by atoms with E-state index in [4.69, 9.17) is 4.42 Å². The van der Waals surface area contributed by atoms with Crippen LogP contribution in [0.1, 0.15) is 35.4 Å². The second-order valence-electron chi connectivity index (χ2n) is 16.1. The van der Waals surface area contributed by atoms with E-state index in [2.05, 4.69) is 4.98 Å². The van der Waals surface area contributed by atoms with Gasteiger partial charge in [-0.15, -0.1) is 0 Å². The highest BCUT2D eigenvalue weighted by atomic mass is 16.3. The average Bonchev–Trinajstić information content (AvgIpc) is 3.83. The maximum atomic E-state index is 15.5. The van der Waals surface area contributed by atoms with E-state index < -0.39 is 35.0 Å². The summed E-state index contributed by atoms with van der Waals surface area (Å²) in [5, 5.41) is 13.6. The number of nitrogens with zero attached hydrogens (tertiary/aromatic N) is 2. The van der Waals surface area contributed by atoms with Gasteiger partial charge in [-0.1, -0.05) is 115 Å². The summed E-state index contributed by atoms with van der Waals surface area (Å²) in [4.78, 5) is 66.1. The maximum Gasteiger partial charge on any atom is 0.238 e. The first kappa shape index (κ1) is 35.0. The van der Waals surface area contributed by atoms with Gasteiger partial charge in [0.15, 0.2) is 17.1 Å². The van der Waals surface area contributed by atoms with Crippen molar-refractivity contribution < 1.29 is 28.7 Å². The number of phenols is 1. The molecular weight excluding hydrogens is 737 g/mol. The van der Waals surface area contributed by atoms with Gasteiger partial charge < -0.3 is 9.52 Å². The van der Waals surface area contributed by atoms with E-state index in [1.54, 1.807) is 30.3 Å². The molecule has 7 aromatic rings. The van der Waals surface area contributed by atoms with E-state index >= 15 is 9.59 Å². The number of carbonyl (C=O) groups is 4. The number of para-hydroxylation sites is 2. The third kappa shape index (κ3) is 5.05. The molecule has 8 nitrogen and oxygen atoms in total. The van der Waals surface area contributed by atoms with Gasteiger partial charge >= 0.3 is 0 Å². The fourth-order valence-electron chi connectivity index (χ4n) is 10.8. The molecule has 0 bridgehead atoms. The van der Waals surface area contributed by atoms with Crippen LogP contribution in [0.3, 0.4) is 0 Å². The third-order valence-corrected chi connectivity index (χ3v) is 13.3. The molecule has 3 aliphatic carbocycles. The number of amides is 2. The molecule has 4 aliphatic rings. The van der Waals surface area contributed by atoms with E-state index in [1.807, 2.05) is 121 Å². The third-order valence-electron chi connectivity index (χ3n) is 13.3. The molecule has 59 heavy (non-hydrogen) atoms. The Kier molecular flexibility index (Phi) is 7.82. The summed E-state index contributed by atoms with van der Waals surface area (Å²) in [6.45, 7) is 0. The quantitative estimate of drug-likeness (QED) is 0.137. The number of hydrogen-bond donors (Lipinski definition) is 1. The molecule has 0 radical (unpaired) electrons. The Morgan fingerprint density at radius 2 is 1.41 bits per heavy atom. The van der Waals surface area contributed by atoms with E-state index in [1.165, 1.54) is 11.0 Å². The van der Waals surface area contributed by atoms with Gasteiger partial charge in [-0.2, -0.15) is 0 Å². The van der Waals surface area contributed by atoms with Gasteiger partial charge in [0.1, 0.15) is 11.3 Å². The molecule has 286 valence electrons. The second-order valence-corrected chi connectivity index (χ2v) is 16.1. The Hall–Kier alpha value is -7.19. The molecule has 0 spiro atoms. The van der Waals surface area contributed by atoms with Crippen molar-refractivity contribution in [3.8, 4) is 17.2 Å². The smallest absolute Gasteiger partial charge is 0.238 e. The van der Waals surface area contributed by atoms with Gasteiger partial charge in [0.05, 0.1) is 22.9 Å². The van der Waals surface area contributed by atoms with Crippen molar-refractivity contribution in [1.29, 1.82) is 0 Å². The summed E-state index contributed by atoms with van der Waals surface area (Å²) >= 11 is 0. The van der Waals surface area contributed by atoms with Crippen molar-refractivity contribution in [3.63, 3.8) is 0 Å². The zero-order valence-corrected chi connectivity index (χ0v) is 31.7. The Balaban J connectivity index is 1.08. The predicted octanol–water partition coefficient (Wildman–Crippen LogP) is 9.38. The number of aromatic nitrogens is 1. The summed E-state index contributed by atoms with van der Waals surface area (Å²) in [6, 6.07) is 44.4. The summed E-state index contributed by atoms with van der Waals surface area (Å²) in [5.41, 5.74) is 4.03. The van der Waals surface area contributed by atoms with Crippen LogP contribution < -0.4 is 4.90 Å². The number of oxazole rings is 1. The van der Waals surface area contributed by atoms with Crippen molar-refractivity contribution in [2.75, 3.05) is 4.90 Å². The zero-order valence-electron chi connectivity index (χ0n) is 31.7. The molecule has 1 N–H and O–H groups in total. The lowest BCUT2D eigenvalue weighted by Gasteiger charge is -2.55. The molecule has 2 heterocycles. The van der Waals surface area contributed by atoms with Crippen molar-refractivity contribution >= 4 is 56.5 Å². The van der Waals surface area contributed by atoms with Crippen molar-refractivity contribution in [1.82, 2.24) is 4.98 Å². The van der Waals surface area contributed by atoms with Crippen molar-refractivity contribution in [3.05, 3.63) is 180 Å². The molecule has 2 fully saturated rings. The van der Waals surface area contributed by atoms with Crippen LogP contribution in [-0.2, 0) is 24.6 Å². The van der Waals surface area contributed by atoms with Crippen LogP contribution in [0.4, 0.5) is 5.69 Å². The minimum Gasteiger partial charge on any atom is -0.508 e. The predicted molar refractivity (Wildman–Crippen MR) is 224 cm³/mol. The van der Waals surface area contributed by atoms with Gasteiger partial charge in [-0.05, 0) is 89.2 Å². The van der Waals surface area contributed by atoms with Crippen LogP contribution in [0.5, 0.6) is 5.75 Å². The standard InChI is InChI=1S/C51H36N2O6/c54-41-26-21-30-13-7-8-16-34(30)45(41)46-35-24-25-36-44(50(58)53(49(36)57)33-22-19-31(20-23-33)48-52-40-17-9-10-18-42(40)59-48)38(35)27-39-47(56)37(29-11-3-1-4-12-29)28-43(55)51(39,46)32-14-5-2-6-15-32/h1-24,26,28,36,38-39,44,46,54H,25,27H2/t36-,38+,39-,44-,46+,51-/m0/s1. The molecule has 1 saturated heterocycles. The number of anilines is 1. The topological polar surface area (TPSA) is 118 Å². The first-order valence-electron chi connectivity index (χ1n) is 20.0. The number of imide groups is 1. The number of ketones is 2. The van der Waals surface area contributed by atoms with E-state index in [0.29, 0.717) is 45.0 Å². The van der Waals surface area contributed by atoms with Gasteiger partial charge in [-0.3, -0.25) is 24.1 Å². The highest BCUT2D eigenvalue weighted by Crippen LogP contribution is 2.65. The number of fused-ring (bicyclic) bond motifs is 6. The molecule has 6 aromatic carbocycles. The first-order valence-corrected chi connectivity index (χ1v) is 20.0. The lowest BCUT2D eigenvalue weighted by molar-refractivity contribution is -0.135. The Morgan fingerprint density at radius 1 is 0.695 bits per heavy atom. The highest BCUT2D eigenvalue weighted by Gasteiger charge is 2.66. The van der Waals surface area contributed by atoms with Gasteiger partial charge in [0.2, 0.25) is 17.7 Å². The monoisotopic (exact) mass is 772 g/mol. The molecular formula is C51H36N2O6. The second kappa shape index (κ2) is 13.2. The Morgan fingerprint density at radius 3 is 2.19 bits per heavy atom. The molecule has 6 atom stereocenters. The Bertz CT molecular complexity index is 2930. The number of allylic oxidation sites excluding steroid dienone is 4. The average molecular weight is 773 g/mol. The fraction of sp³-hybridized carbons (Fsp3) is 0.157. The van der Waals surface area contributed by atoms with Crippen LogP contribution in [0.25, 0.3) is 38.9 Å². The minimum atomic E-state index is -1.46. The summed E-state index contributed by atoms with van der Waals surface area (Å²) in [5.74, 6) is -4.44. The number of Topliss-reactive ketones (excluding diaryl/α,β-unsaturated/α-hetero) is 1. The SMILES string of the molecule is O=C1C(c2ccccc2)=CC(=O)[C@@]2(c3ccccc3)[C@@H](c3c(O)ccc4ccccc34)C3=CC[C@@H]4C(=O)N(c5ccc(-c6nc7ccccc7o6)cc5)C(=O)[C@@H]4[C@@H]3C[C@@H]12. The molecule has 1 saturated carbocycles. The van der Waals surface area contributed by atoms with Crippen LogP contribution in [0.15, 0.2) is 168 Å². The number of benzene rings is 6. The summed E-state index contributed by atoms with van der Waals surface area (Å²) in [7, 11) is 0. The molecule has 1 aromatic heterocycles. The van der Waals surface area contributed by atoms with Crippen LogP contribution in [-0.4, -0.2) is 33.5 Å². The van der Waals surface area contributed by atoms with Crippen molar-refractivity contribution in [2.45, 2.75) is 24.2 Å². The van der Waals surface area contributed by atoms with Gasteiger partial charge in [-0.25, -0.2) is 4.98 Å². The highest BCUT2D eigenvalue weighted by molar-refractivity contribution is 6.32. The maximum absolute atomic E-state index is 15.5. The van der Waals surface area contributed by atoms with Crippen LogP contribution in [0.2, 0.25) is 0 Å². The normalized spacial score (nSPS) is 25.1. The van der Waals surface area contributed by atoms with Crippen LogP contribution >= 0.6 is 0 Å². The number of aromatic hydroxyl groups is 1. The van der Waals surface area contributed by atoms with Gasteiger partial charge in [0, 0.05) is 28.5 Å².